The monoisotopic (exact) mass is 190 g/mol. The van der Waals surface area contributed by atoms with E-state index in [9.17, 15) is 9.90 Å². The molecule has 1 N–H and O–H groups in total. The topological polar surface area (TPSA) is 37.3 Å². The highest BCUT2D eigenvalue weighted by Crippen LogP contribution is 2.40. The normalized spacial score (nSPS) is 17.8. The van der Waals surface area contributed by atoms with Crippen LogP contribution in [0.5, 0.6) is 0 Å². The Bertz CT molecular complexity index is 312. The smallest absolute Gasteiger partial charge is 0.122 e. The van der Waals surface area contributed by atoms with Crippen LogP contribution in [-0.2, 0) is 4.79 Å². The highest BCUT2D eigenvalue weighted by atomic mass is 16.3. The summed E-state index contributed by atoms with van der Waals surface area (Å²) in [5.41, 5.74) is 2.19. The van der Waals surface area contributed by atoms with Crippen LogP contribution in [0.1, 0.15) is 42.4 Å². The molecule has 0 saturated heterocycles. The first-order valence-electron chi connectivity index (χ1n) is 5.03. The van der Waals surface area contributed by atoms with Crippen LogP contribution in [0.4, 0.5) is 0 Å². The third kappa shape index (κ3) is 2.02. The Labute approximate surface area is 83.6 Å². The zero-order chi connectivity index (χ0) is 9.97. The minimum atomic E-state index is -0.638. The minimum absolute atomic E-state index is 0.183. The number of rotatable bonds is 4. The third-order valence-electron chi connectivity index (χ3n) is 2.69. The molecule has 1 saturated carbocycles. The third-order valence-corrected chi connectivity index (χ3v) is 2.69. The van der Waals surface area contributed by atoms with E-state index in [4.69, 9.17) is 0 Å². The van der Waals surface area contributed by atoms with Crippen molar-refractivity contribution in [3.05, 3.63) is 35.4 Å². The summed E-state index contributed by atoms with van der Waals surface area (Å²) in [4.78, 5) is 10.2. The Kier molecular flexibility index (Phi) is 2.64. The lowest BCUT2D eigenvalue weighted by atomic mass is 10.0. The molecule has 0 bridgehead atoms. The maximum atomic E-state index is 10.2. The lowest BCUT2D eigenvalue weighted by Crippen LogP contribution is -1.97. The molecule has 0 aromatic heterocycles. The van der Waals surface area contributed by atoms with Crippen LogP contribution in [0.3, 0.4) is 0 Å². The summed E-state index contributed by atoms with van der Waals surface area (Å²) >= 11 is 0. The molecule has 1 unspecified atom stereocenters. The number of aliphatic hydroxyl groups is 1. The lowest BCUT2D eigenvalue weighted by Gasteiger charge is -2.07. The summed E-state index contributed by atoms with van der Waals surface area (Å²) in [6.45, 7) is 0. The van der Waals surface area contributed by atoms with Gasteiger partial charge in [-0.2, -0.15) is 0 Å². The van der Waals surface area contributed by atoms with Crippen LogP contribution in [0, 0.1) is 0 Å². The van der Waals surface area contributed by atoms with Gasteiger partial charge in [0.2, 0.25) is 0 Å². The fraction of sp³-hybridized carbons (Fsp3) is 0.417. The molecule has 1 atom stereocenters. The largest absolute Gasteiger partial charge is 0.388 e. The first kappa shape index (κ1) is 9.41. The number of benzene rings is 1. The maximum absolute atomic E-state index is 10.2. The van der Waals surface area contributed by atoms with Crippen molar-refractivity contribution in [2.75, 3.05) is 0 Å². The average Bonchev–Trinajstić information content (AvgIpc) is 3.02. The summed E-state index contributed by atoms with van der Waals surface area (Å²) in [6.07, 6.45) is 2.87. The zero-order valence-corrected chi connectivity index (χ0v) is 8.02. The molecule has 1 aliphatic rings. The Morgan fingerprint density at radius 3 is 2.50 bits per heavy atom. The van der Waals surface area contributed by atoms with Gasteiger partial charge in [0.25, 0.3) is 0 Å². The standard InChI is InChI=1S/C12H14O2/c13-8-7-12(14)11-5-3-10(4-6-11)9-1-2-9/h3-6,8-9,12,14H,1-2,7H2. The molecule has 0 radical (unpaired) electrons. The average molecular weight is 190 g/mol. The summed E-state index contributed by atoms with van der Waals surface area (Å²) in [7, 11) is 0. The van der Waals surface area contributed by atoms with Gasteiger partial charge in [0.15, 0.2) is 0 Å². The van der Waals surface area contributed by atoms with E-state index >= 15 is 0 Å². The molecule has 2 heteroatoms. The molecule has 14 heavy (non-hydrogen) atoms. The molecule has 0 spiro atoms. The molecular formula is C12H14O2. The van der Waals surface area contributed by atoms with Crippen LogP contribution in [0.15, 0.2) is 24.3 Å². The van der Waals surface area contributed by atoms with Crippen LogP contribution < -0.4 is 0 Å². The maximum Gasteiger partial charge on any atom is 0.122 e. The summed E-state index contributed by atoms with van der Waals surface area (Å²) in [6, 6.07) is 7.95. The van der Waals surface area contributed by atoms with Crippen molar-refractivity contribution in [3.63, 3.8) is 0 Å². The molecular weight excluding hydrogens is 176 g/mol. The van der Waals surface area contributed by atoms with Gasteiger partial charge in [-0.25, -0.2) is 0 Å². The Balaban J connectivity index is 2.08. The van der Waals surface area contributed by atoms with Crippen molar-refractivity contribution in [2.24, 2.45) is 0 Å². The quantitative estimate of drug-likeness (QED) is 0.739. The number of hydrogen-bond donors (Lipinski definition) is 1. The predicted octanol–water partition coefficient (Wildman–Crippen LogP) is 2.19. The van der Waals surface area contributed by atoms with E-state index in [0.29, 0.717) is 0 Å². The van der Waals surface area contributed by atoms with Gasteiger partial charge in [-0.3, -0.25) is 0 Å². The zero-order valence-electron chi connectivity index (χ0n) is 8.02. The molecule has 1 fully saturated rings. The highest BCUT2D eigenvalue weighted by Gasteiger charge is 2.23. The van der Waals surface area contributed by atoms with Crippen LogP contribution in [0.2, 0.25) is 0 Å². The minimum Gasteiger partial charge on any atom is -0.388 e. The Hall–Kier alpha value is -1.15. The van der Waals surface area contributed by atoms with Gasteiger partial charge in [0, 0.05) is 6.42 Å². The van der Waals surface area contributed by atoms with Crippen molar-refractivity contribution >= 4 is 6.29 Å². The van der Waals surface area contributed by atoms with Crippen molar-refractivity contribution in [1.82, 2.24) is 0 Å². The number of aliphatic hydroxyl groups excluding tert-OH is 1. The molecule has 0 heterocycles. The van der Waals surface area contributed by atoms with Crippen molar-refractivity contribution in [2.45, 2.75) is 31.3 Å². The van der Waals surface area contributed by atoms with Crippen LogP contribution >= 0.6 is 0 Å². The second-order valence-electron chi connectivity index (χ2n) is 3.86. The Morgan fingerprint density at radius 2 is 2.00 bits per heavy atom. The van der Waals surface area contributed by atoms with E-state index in [1.165, 1.54) is 18.4 Å². The van der Waals surface area contributed by atoms with Gasteiger partial charge < -0.3 is 9.90 Å². The Morgan fingerprint density at radius 1 is 1.36 bits per heavy atom. The molecule has 1 aliphatic carbocycles. The van der Waals surface area contributed by atoms with Gasteiger partial charge >= 0.3 is 0 Å². The second-order valence-corrected chi connectivity index (χ2v) is 3.86. The van der Waals surface area contributed by atoms with E-state index in [-0.39, 0.29) is 6.42 Å². The lowest BCUT2D eigenvalue weighted by molar-refractivity contribution is -0.109. The van der Waals surface area contributed by atoms with E-state index in [1.807, 2.05) is 12.1 Å². The van der Waals surface area contributed by atoms with Gasteiger partial charge in [0.1, 0.15) is 6.29 Å². The summed E-state index contributed by atoms with van der Waals surface area (Å²) in [5.74, 6) is 0.743. The van der Waals surface area contributed by atoms with Crippen molar-refractivity contribution < 1.29 is 9.90 Å². The van der Waals surface area contributed by atoms with Crippen molar-refractivity contribution in [3.8, 4) is 0 Å². The molecule has 0 aliphatic heterocycles. The predicted molar refractivity (Wildman–Crippen MR) is 54.1 cm³/mol. The fourth-order valence-electron chi connectivity index (χ4n) is 1.63. The van der Waals surface area contributed by atoms with Gasteiger partial charge in [-0.1, -0.05) is 24.3 Å². The molecule has 74 valence electrons. The second kappa shape index (κ2) is 3.93. The van der Waals surface area contributed by atoms with E-state index in [2.05, 4.69) is 12.1 Å². The first-order valence-corrected chi connectivity index (χ1v) is 5.03. The van der Waals surface area contributed by atoms with Gasteiger partial charge in [0.05, 0.1) is 6.10 Å². The van der Waals surface area contributed by atoms with Gasteiger partial charge in [-0.15, -0.1) is 0 Å². The summed E-state index contributed by atoms with van der Waals surface area (Å²) in [5, 5.41) is 9.53. The number of carbonyl (C=O) groups is 1. The molecule has 1 aromatic rings. The first-order chi connectivity index (χ1) is 6.81. The molecule has 0 amide bonds. The fourth-order valence-corrected chi connectivity index (χ4v) is 1.63. The van der Waals surface area contributed by atoms with Gasteiger partial charge in [-0.05, 0) is 29.9 Å². The van der Waals surface area contributed by atoms with Crippen LogP contribution in [-0.4, -0.2) is 11.4 Å². The molecule has 1 aromatic carbocycles. The summed E-state index contributed by atoms with van der Waals surface area (Å²) < 4.78 is 0. The molecule has 2 rings (SSSR count). The van der Waals surface area contributed by atoms with Crippen LogP contribution in [0.25, 0.3) is 0 Å². The van der Waals surface area contributed by atoms with E-state index < -0.39 is 6.10 Å². The highest BCUT2D eigenvalue weighted by molar-refractivity contribution is 5.51. The van der Waals surface area contributed by atoms with E-state index in [0.717, 1.165) is 17.8 Å². The number of aldehydes is 1. The number of hydrogen-bond acceptors (Lipinski definition) is 2. The number of carbonyl (C=O) groups excluding carboxylic acids is 1. The SMILES string of the molecule is O=CCC(O)c1ccc(C2CC2)cc1. The van der Waals surface area contributed by atoms with E-state index in [1.54, 1.807) is 0 Å². The van der Waals surface area contributed by atoms with Crippen molar-refractivity contribution in [1.29, 1.82) is 0 Å². The molecule has 2 nitrogen and oxygen atoms in total.